The second-order valence-corrected chi connectivity index (χ2v) is 12.1. The highest BCUT2D eigenvalue weighted by atomic mass is 32.2. The first-order valence-electron chi connectivity index (χ1n) is 11.5. The molecular weight excluding hydrogens is 504 g/mol. The van der Waals surface area contributed by atoms with Crippen molar-refractivity contribution < 1.29 is 17.4 Å². The van der Waals surface area contributed by atoms with Gasteiger partial charge in [-0.1, -0.05) is 53.1 Å². The van der Waals surface area contributed by atoms with Crippen molar-refractivity contribution in [1.29, 1.82) is 0 Å². The van der Waals surface area contributed by atoms with Gasteiger partial charge in [-0.05, 0) is 75.4 Å². The molecule has 0 spiro atoms. The summed E-state index contributed by atoms with van der Waals surface area (Å²) in [7, 11) is -4.53. The summed E-state index contributed by atoms with van der Waals surface area (Å²) in [4.78, 5) is 15.1. The van der Waals surface area contributed by atoms with Crippen LogP contribution in [0.25, 0.3) is 11.0 Å². The Morgan fingerprint density at radius 2 is 1.05 bits per heavy atom. The van der Waals surface area contributed by atoms with Crippen LogP contribution in [0.3, 0.4) is 0 Å². The second kappa shape index (κ2) is 11.2. The molecule has 5 nitrogen and oxygen atoms in total. The lowest BCUT2D eigenvalue weighted by Gasteiger charge is -2.09. The number of fused-ring (bicyclic) bond motifs is 1. The SMILES string of the molecule is Cc1ccc(S(=O)(=O)[O-])cc1.Cc1ccc([S+](c2ccc(C)cc2)c2ccc3ccc(=O)oc3c2)cc1. The van der Waals surface area contributed by atoms with Crippen molar-refractivity contribution in [2.75, 3.05) is 0 Å². The minimum absolute atomic E-state index is 0.178. The normalized spacial score (nSPS) is 11.3. The third kappa shape index (κ3) is 6.77. The lowest BCUT2D eigenvalue weighted by Crippen LogP contribution is -2.05. The van der Waals surface area contributed by atoms with Crippen LogP contribution in [-0.2, 0) is 21.0 Å². The van der Waals surface area contributed by atoms with Gasteiger partial charge in [-0.15, -0.1) is 0 Å². The zero-order chi connectivity index (χ0) is 26.6. The highest BCUT2D eigenvalue weighted by Gasteiger charge is 2.29. The van der Waals surface area contributed by atoms with Crippen LogP contribution in [-0.4, -0.2) is 13.0 Å². The van der Waals surface area contributed by atoms with Gasteiger partial charge in [0, 0.05) is 17.5 Å². The van der Waals surface area contributed by atoms with E-state index in [0.717, 1.165) is 15.8 Å². The Bertz CT molecular complexity index is 1620. The van der Waals surface area contributed by atoms with Crippen molar-refractivity contribution in [3.05, 3.63) is 130 Å². The molecule has 188 valence electrons. The van der Waals surface area contributed by atoms with Gasteiger partial charge in [0.2, 0.25) is 0 Å². The smallest absolute Gasteiger partial charge is 0.336 e. The van der Waals surface area contributed by atoms with Crippen LogP contribution in [0.1, 0.15) is 16.7 Å². The molecule has 5 aromatic rings. The van der Waals surface area contributed by atoms with Gasteiger partial charge in [-0.3, -0.25) is 0 Å². The zero-order valence-corrected chi connectivity index (χ0v) is 22.3. The predicted molar refractivity (Wildman–Crippen MR) is 146 cm³/mol. The Labute approximate surface area is 219 Å². The molecule has 37 heavy (non-hydrogen) atoms. The number of hydrogen-bond donors (Lipinski definition) is 0. The van der Waals surface area contributed by atoms with Crippen molar-refractivity contribution in [2.24, 2.45) is 0 Å². The summed E-state index contributed by atoms with van der Waals surface area (Å²) in [5.74, 6) is 0. The maximum absolute atomic E-state index is 11.6. The molecule has 1 aromatic heterocycles. The van der Waals surface area contributed by atoms with E-state index >= 15 is 0 Å². The van der Waals surface area contributed by atoms with E-state index in [4.69, 9.17) is 4.42 Å². The molecule has 0 aliphatic carbocycles. The molecular formula is C30H26O5S2. The zero-order valence-electron chi connectivity index (χ0n) is 20.7. The van der Waals surface area contributed by atoms with Gasteiger partial charge in [-0.25, -0.2) is 13.2 Å². The molecule has 0 radical (unpaired) electrons. The van der Waals surface area contributed by atoms with Gasteiger partial charge in [0.05, 0.1) is 15.8 Å². The molecule has 0 bridgehead atoms. The summed E-state index contributed by atoms with van der Waals surface area (Å²) in [6, 6.07) is 32.5. The Morgan fingerprint density at radius 3 is 1.54 bits per heavy atom. The largest absolute Gasteiger partial charge is 0.744 e. The van der Waals surface area contributed by atoms with E-state index in [1.807, 2.05) is 19.1 Å². The molecule has 0 aliphatic heterocycles. The van der Waals surface area contributed by atoms with E-state index in [-0.39, 0.29) is 21.4 Å². The molecule has 0 unspecified atom stereocenters. The van der Waals surface area contributed by atoms with Crippen LogP contribution >= 0.6 is 0 Å². The molecule has 0 amide bonds. The Morgan fingerprint density at radius 1 is 0.622 bits per heavy atom. The second-order valence-electron chi connectivity index (χ2n) is 8.65. The fourth-order valence-electron chi connectivity index (χ4n) is 3.63. The summed E-state index contributed by atoms with van der Waals surface area (Å²) in [6.07, 6.45) is 0. The summed E-state index contributed by atoms with van der Waals surface area (Å²) in [5.41, 5.74) is 3.72. The quantitative estimate of drug-likeness (QED) is 0.152. The van der Waals surface area contributed by atoms with Crippen molar-refractivity contribution >= 4 is 32.0 Å². The van der Waals surface area contributed by atoms with Gasteiger partial charge in [0.25, 0.3) is 0 Å². The molecule has 0 saturated heterocycles. The Kier molecular flexibility index (Phi) is 7.97. The first kappa shape index (κ1) is 26.4. The highest BCUT2D eigenvalue weighted by Crippen LogP contribution is 2.33. The minimum atomic E-state index is -4.27. The van der Waals surface area contributed by atoms with Crippen LogP contribution in [0.2, 0.25) is 0 Å². The minimum Gasteiger partial charge on any atom is -0.744 e. The molecule has 7 heteroatoms. The van der Waals surface area contributed by atoms with Crippen molar-refractivity contribution in [1.82, 2.24) is 0 Å². The van der Waals surface area contributed by atoms with E-state index in [9.17, 15) is 17.8 Å². The first-order chi connectivity index (χ1) is 17.6. The average molecular weight is 531 g/mol. The number of benzene rings is 4. The molecule has 5 rings (SSSR count). The maximum atomic E-state index is 11.6. The van der Waals surface area contributed by atoms with E-state index in [2.05, 4.69) is 68.4 Å². The standard InChI is InChI=1S/C23H19O2S.C7H8O3S/c1-16-3-9-19(10-4-16)26(20-11-5-17(2)6-12-20)21-13-7-18-8-14-23(24)25-22(18)15-21;1-6-2-4-7(5-3-6)11(8,9)10/h3-15H,1-2H3;2-5H,1H3,(H,8,9,10)/q+1;/p-1. The lowest BCUT2D eigenvalue weighted by molar-refractivity contribution is 0.463. The van der Waals surface area contributed by atoms with Crippen LogP contribution in [0, 0.1) is 20.8 Å². The van der Waals surface area contributed by atoms with Crippen molar-refractivity contribution in [3.63, 3.8) is 0 Å². The monoisotopic (exact) mass is 530 g/mol. The van der Waals surface area contributed by atoms with Gasteiger partial charge in [-0.2, -0.15) is 0 Å². The van der Waals surface area contributed by atoms with E-state index in [1.54, 1.807) is 18.2 Å². The van der Waals surface area contributed by atoms with E-state index in [0.29, 0.717) is 5.58 Å². The molecule has 0 aliphatic rings. The molecule has 1 heterocycles. The van der Waals surface area contributed by atoms with Crippen molar-refractivity contribution in [3.8, 4) is 0 Å². The number of rotatable bonds is 4. The first-order valence-corrected chi connectivity index (χ1v) is 14.2. The lowest BCUT2D eigenvalue weighted by atomic mass is 10.2. The third-order valence-corrected chi connectivity index (χ3v) is 8.72. The average Bonchev–Trinajstić information content (AvgIpc) is 2.86. The summed E-state index contributed by atoms with van der Waals surface area (Å²) in [6.45, 7) is 6.01. The van der Waals surface area contributed by atoms with Crippen LogP contribution < -0.4 is 5.63 Å². The maximum Gasteiger partial charge on any atom is 0.336 e. The summed E-state index contributed by atoms with van der Waals surface area (Å²) < 4.78 is 36.6. The Balaban J connectivity index is 0.000000245. The predicted octanol–water partition coefficient (Wildman–Crippen LogP) is 6.40. The summed E-state index contributed by atoms with van der Waals surface area (Å²) in [5, 5.41) is 0.935. The topological polar surface area (TPSA) is 87.4 Å². The van der Waals surface area contributed by atoms with Gasteiger partial charge >= 0.3 is 5.63 Å². The van der Waals surface area contributed by atoms with Crippen LogP contribution in [0.4, 0.5) is 0 Å². The third-order valence-electron chi connectivity index (χ3n) is 5.65. The number of aryl methyl sites for hydroxylation is 3. The molecule has 4 aromatic carbocycles. The highest BCUT2D eigenvalue weighted by molar-refractivity contribution is 7.97. The van der Waals surface area contributed by atoms with E-state index in [1.165, 1.54) is 39.1 Å². The molecule has 0 fully saturated rings. The van der Waals surface area contributed by atoms with Crippen LogP contribution in [0.5, 0.6) is 0 Å². The van der Waals surface area contributed by atoms with Crippen LogP contribution in [0.15, 0.2) is 132 Å². The molecule has 0 N–H and O–H groups in total. The fraction of sp³-hybridized carbons (Fsp3) is 0.100. The van der Waals surface area contributed by atoms with Gasteiger partial charge in [0.1, 0.15) is 15.7 Å². The molecule has 0 saturated carbocycles. The van der Waals surface area contributed by atoms with E-state index < -0.39 is 10.1 Å². The van der Waals surface area contributed by atoms with Gasteiger partial charge in [0.15, 0.2) is 14.7 Å². The summed E-state index contributed by atoms with van der Waals surface area (Å²) >= 11 is 0. The Hall–Kier alpha value is -3.65. The molecule has 0 atom stereocenters. The van der Waals surface area contributed by atoms with Crippen molar-refractivity contribution in [2.45, 2.75) is 40.4 Å². The fourth-order valence-corrected chi connectivity index (χ4v) is 6.16. The van der Waals surface area contributed by atoms with Gasteiger partial charge < -0.3 is 8.97 Å². The number of hydrogen-bond acceptors (Lipinski definition) is 5.